The number of carbonyl (C=O) groups excluding carboxylic acids is 1. The molecule has 276 valence electrons. The molecule has 1 saturated heterocycles. The lowest BCUT2D eigenvalue weighted by Gasteiger charge is -2.40. The predicted molar refractivity (Wildman–Crippen MR) is 179 cm³/mol. The lowest BCUT2D eigenvalue weighted by molar-refractivity contribution is -0.277. The Hall–Kier alpha value is -5.49. The molecule has 1 fully saturated rings. The highest BCUT2D eigenvalue weighted by atomic mass is 16.7. The third-order valence-corrected chi connectivity index (χ3v) is 7.89. The highest BCUT2D eigenvalue weighted by Crippen LogP contribution is 2.46. The number of aliphatic hydroxyl groups is 3. The molecule has 1 heterocycles. The summed E-state index contributed by atoms with van der Waals surface area (Å²) in [7, 11) is 2.50. The van der Waals surface area contributed by atoms with Gasteiger partial charge in [0.15, 0.2) is 29.0 Å². The zero-order valence-corrected chi connectivity index (χ0v) is 27.8. The summed E-state index contributed by atoms with van der Waals surface area (Å²) in [5.74, 6) is -4.50. The highest BCUT2D eigenvalue weighted by molar-refractivity contribution is 5.95. The van der Waals surface area contributed by atoms with Crippen molar-refractivity contribution in [2.75, 3.05) is 34.0 Å². The molecule has 1 aliphatic rings. The Labute approximate surface area is 292 Å². The van der Waals surface area contributed by atoms with Crippen LogP contribution >= 0.6 is 0 Å². The first-order valence-corrected chi connectivity index (χ1v) is 15.7. The number of carbonyl (C=O) groups is 2. The number of aliphatic imine (C=N–C) groups is 1. The maximum atomic E-state index is 13.2. The van der Waals surface area contributed by atoms with Crippen molar-refractivity contribution in [2.45, 2.75) is 50.0 Å². The first kappa shape index (κ1) is 38.3. The molecule has 17 nitrogen and oxygen atoms in total. The fraction of sp³-hybridized carbons (Fsp3) is 0.382. The van der Waals surface area contributed by atoms with Gasteiger partial charge in [0.05, 0.1) is 26.4 Å². The Morgan fingerprint density at radius 2 is 1.59 bits per heavy atom. The van der Waals surface area contributed by atoms with E-state index < -0.39 is 72.1 Å². The number of esters is 1. The van der Waals surface area contributed by atoms with Gasteiger partial charge in [-0.3, -0.25) is 4.99 Å². The maximum absolute atomic E-state index is 13.2. The first-order valence-electron chi connectivity index (χ1n) is 15.7. The number of phenolic OH excluding ortho intramolecular Hbond substituents is 2. The van der Waals surface area contributed by atoms with Gasteiger partial charge in [-0.1, -0.05) is 30.3 Å². The summed E-state index contributed by atoms with van der Waals surface area (Å²) in [5, 5.41) is 63.2. The van der Waals surface area contributed by atoms with Crippen molar-refractivity contribution < 1.29 is 68.6 Å². The molecule has 0 bridgehead atoms. The van der Waals surface area contributed by atoms with Gasteiger partial charge < -0.3 is 70.5 Å². The van der Waals surface area contributed by atoms with E-state index in [1.54, 1.807) is 0 Å². The van der Waals surface area contributed by atoms with E-state index in [0.717, 1.165) is 11.6 Å². The Balaban J connectivity index is 1.52. The minimum atomic E-state index is -1.85. The minimum Gasteiger partial charge on any atom is -0.504 e. The van der Waals surface area contributed by atoms with Gasteiger partial charge in [0.25, 0.3) is 0 Å². The number of nitrogens with zero attached hydrogens (tertiary/aromatic N) is 1. The normalized spacial score (nSPS) is 19.8. The molecule has 0 radical (unpaired) electrons. The van der Waals surface area contributed by atoms with Gasteiger partial charge in [0.2, 0.25) is 17.8 Å². The monoisotopic (exact) mass is 715 g/mol. The molecule has 51 heavy (non-hydrogen) atoms. The number of aliphatic hydroxyl groups excluding tert-OH is 3. The van der Waals surface area contributed by atoms with Crippen molar-refractivity contribution in [2.24, 2.45) is 16.5 Å². The number of aryl methyl sites for hydroxylation is 1. The number of carboxylic acids is 1. The van der Waals surface area contributed by atoms with Crippen LogP contribution in [0.3, 0.4) is 0 Å². The second-order valence-electron chi connectivity index (χ2n) is 11.3. The van der Waals surface area contributed by atoms with Crippen LogP contribution in [-0.4, -0.2) is 113 Å². The van der Waals surface area contributed by atoms with Crippen LogP contribution in [0, 0.1) is 0 Å². The van der Waals surface area contributed by atoms with Gasteiger partial charge in [-0.2, -0.15) is 0 Å². The summed E-state index contributed by atoms with van der Waals surface area (Å²) in [4.78, 5) is 28.9. The van der Waals surface area contributed by atoms with Crippen LogP contribution in [0.4, 0.5) is 0 Å². The van der Waals surface area contributed by atoms with Gasteiger partial charge in [-0.15, -0.1) is 0 Å². The quantitative estimate of drug-likeness (QED) is 0.0438. The molecular weight excluding hydrogens is 674 g/mol. The van der Waals surface area contributed by atoms with E-state index in [1.807, 2.05) is 30.3 Å². The molecule has 10 N–H and O–H groups in total. The van der Waals surface area contributed by atoms with Crippen molar-refractivity contribution in [3.05, 3.63) is 70.8 Å². The molecule has 0 saturated carbocycles. The second kappa shape index (κ2) is 17.4. The molecule has 0 aliphatic carbocycles. The number of guanidine groups is 1. The second-order valence-corrected chi connectivity index (χ2v) is 11.3. The SMILES string of the molecule is COc1cc(C(=O)OCC2OC(Oc3c(CCCN=C(N)N)cc(C(=O)O)cc3OC)C(O)C(O)C2O)c(O)c(OCCc2ccccc2)c1O. The molecule has 1 aliphatic heterocycles. The summed E-state index contributed by atoms with van der Waals surface area (Å²) in [6, 6.07) is 12.8. The van der Waals surface area contributed by atoms with Gasteiger partial charge in [0.1, 0.15) is 36.6 Å². The van der Waals surface area contributed by atoms with E-state index in [9.17, 15) is 40.2 Å². The smallest absolute Gasteiger partial charge is 0.342 e. The number of aromatic carboxylic acids is 1. The highest BCUT2D eigenvalue weighted by Gasteiger charge is 2.46. The standard InChI is InChI=1S/C34H41N3O14/c1-46-21-15-20(24(38)30(26(21)40)48-12-10-17-7-4-3-5-8-17)32(45)49-16-23-25(39)27(41)28(42)33(50-23)51-29-18(9-6-11-37-34(35)36)13-19(31(43)44)14-22(29)47-2/h3-5,7-8,13-15,23,25,27-28,33,38-42H,6,9-12,16H2,1-2H3,(H,43,44)(H4,35,36,37). The summed E-state index contributed by atoms with van der Waals surface area (Å²) in [6.45, 7) is -0.485. The Morgan fingerprint density at radius 3 is 2.24 bits per heavy atom. The Morgan fingerprint density at radius 1 is 0.882 bits per heavy atom. The summed E-state index contributed by atoms with van der Waals surface area (Å²) in [6.07, 6.45) is -7.66. The van der Waals surface area contributed by atoms with Crippen molar-refractivity contribution >= 4 is 17.9 Å². The van der Waals surface area contributed by atoms with Crippen LogP contribution in [0.5, 0.6) is 34.5 Å². The number of aromatic hydroxyl groups is 2. The molecule has 5 atom stereocenters. The van der Waals surface area contributed by atoms with Crippen LogP contribution in [0.15, 0.2) is 53.5 Å². The average Bonchev–Trinajstić information content (AvgIpc) is 3.11. The lowest BCUT2D eigenvalue weighted by Crippen LogP contribution is -2.60. The Kier molecular flexibility index (Phi) is 13.1. The number of hydrogen-bond donors (Lipinski definition) is 8. The zero-order chi connectivity index (χ0) is 37.2. The number of rotatable bonds is 16. The molecule has 3 aromatic carbocycles. The fourth-order valence-corrected chi connectivity index (χ4v) is 5.21. The van der Waals surface area contributed by atoms with E-state index in [0.29, 0.717) is 18.4 Å². The van der Waals surface area contributed by atoms with E-state index in [-0.39, 0.29) is 48.3 Å². The third-order valence-electron chi connectivity index (χ3n) is 7.89. The number of nitrogens with two attached hydrogens (primary N) is 2. The fourth-order valence-electron chi connectivity index (χ4n) is 5.21. The van der Waals surface area contributed by atoms with Crippen LogP contribution in [0.25, 0.3) is 0 Å². The number of ether oxygens (including phenoxy) is 6. The molecule has 5 unspecified atom stereocenters. The summed E-state index contributed by atoms with van der Waals surface area (Å²) < 4.78 is 33.1. The Bertz CT molecular complexity index is 1700. The topological polar surface area (TPSA) is 275 Å². The maximum Gasteiger partial charge on any atom is 0.342 e. The van der Waals surface area contributed by atoms with E-state index >= 15 is 0 Å². The third kappa shape index (κ3) is 9.40. The van der Waals surface area contributed by atoms with Crippen LogP contribution in [-0.2, 0) is 22.3 Å². The molecule has 0 aromatic heterocycles. The van der Waals surface area contributed by atoms with Gasteiger partial charge in [0, 0.05) is 19.0 Å². The van der Waals surface area contributed by atoms with Crippen molar-refractivity contribution in [3.63, 3.8) is 0 Å². The van der Waals surface area contributed by atoms with Gasteiger partial charge >= 0.3 is 11.9 Å². The predicted octanol–water partition coefficient (Wildman–Crippen LogP) is 0.684. The molecule has 17 heteroatoms. The summed E-state index contributed by atoms with van der Waals surface area (Å²) >= 11 is 0. The molecule has 0 spiro atoms. The van der Waals surface area contributed by atoms with Crippen LogP contribution in [0.1, 0.15) is 38.3 Å². The largest absolute Gasteiger partial charge is 0.504 e. The number of carboxylic acid groups (broad SMARTS) is 1. The van der Waals surface area contributed by atoms with Gasteiger partial charge in [-0.25, -0.2) is 9.59 Å². The number of benzene rings is 3. The van der Waals surface area contributed by atoms with Crippen molar-refractivity contribution in [3.8, 4) is 34.5 Å². The van der Waals surface area contributed by atoms with Crippen LogP contribution in [0.2, 0.25) is 0 Å². The van der Waals surface area contributed by atoms with Gasteiger partial charge in [-0.05, 0) is 36.1 Å². The molecule has 3 aromatic rings. The first-order chi connectivity index (χ1) is 24.4. The molecular formula is C34H41N3O14. The molecule has 4 rings (SSSR count). The molecule has 0 amide bonds. The summed E-state index contributed by atoms with van der Waals surface area (Å²) in [5.41, 5.74) is 11.4. The van der Waals surface area contributed by atoms with Crippen molar-refractivity contribution in [1.82, 2.24) is 0 Å². The van der Waals surface area contributed by atoms with E-state index in [4.69, 9.17) is 39.9 Å². The number of phenols is 2. The number of hydrogen-bond acceptors (Lipinski definition) is 14. The minimum absolute atomic E-state index is 0.0261. The van der Waals surface area contributed by atoms with E-state index in [1.165, 1.54) is 26.4 Å². The lowest BCUT2D eigenvalue weighted by atomic mass is 9.99. The number of methoxy groups -OCH3 is 2. The zero-order valence-electron chi connectivity index (χ0n) is 27.8. The van der Waals surface area contributed by atoms with Crippen molar-refractivity contribution in [1.29, 1.82) is 0 Å². The van der Waals surface area contributed by atoms with Crippen LogP contribution < -0.4 is 30.4 Å². The van der Waals surface area contributed by atoms with E-state index in [2.05, 4.69) is 4.99 Å². The average molecular weight is 716 g/mol.